The molecule has 1 fully saturated rings. The zero-order chi connectivity index (χ0) is 9.80. The quantitative estimate of drug-likeness (QED) is 0.518. The first-order chi connectivity index (χ1) is 6.90. The van der Waals surface area contributed by atoms with Gasteiger partial charge in [-0.25, -0.2) is 0 Å². The maximum atomic E-state index is 10.2. The van der Waals surface area contributed by atoms with Crippen LogP contribution in [0.1, 0.15) is 0 Å². The van der Waals surface area contributed by atoms with Gasteiger partial charge >= 0.3 is 0 Å². The van der Waals surface area contributed by atoms with Gasteiger partial charge in [-0.3, -0.25) is 4.79 Å². The molecule has 74 valence electrons. The molecular weight excluding hydrogens is 184 g/mol. The topological polar surface area (TPSA) is 48.1 Å². The Balaban J connectivity index is 2.01. The monoisotopic (exact) mass is 194 g/mol. The zero-order valence-electron chi connectivity index (χ0n) is 7.51. The lowest BCUT2D eigenvalue weighted by Crippen LogP contribution is -2.05. The number of hydrogen-bond acceptors (Lipinski definition) is 4. The van der Waals surface area contributed by atoms with E-state index >= 15 is 0 Å². The molecule has 4 nitrogen and oxygen atoms in total. The van der Waals surface area contributed by atoms with E-state index in [0.29, 0.717) is 24.6 Å². The third-order valence-corrected chi connectivity index (χ3v) is 1.85. The Bertz CT molecular complexity index is 320. The second kappa shape index (κ2) is 4.11. The summed E-state index contributed by atoms with van der Waals surface area (Å²) in [5, 5.41) is 0. The van der Waals surface area contributed by atoms with Crippen LogP contribution in [0.3, 0.4) is 0 Å². The van der Waals surface area contributed by atoms with Gasteiger partial charge in [0.1, 0.15) is 12.7 Å². The lowest BCUT2D eigenvalue weighted by atomic mass is 10.3. The van der Waals surface area contributed by atoms with Gasteiger partial charge in [0.25, 0.3) is 6.47 Å². The number of benzene rings is 1. The summed E-state index contributed by atoms with van der Waals surface area (Å²) in [6.45, 7) is 1.63. The minimum Gasteiger partial charge on any atom is -0.487 e. The number of hydrogen-bond donors (Lipinski definition) is 0. The minimum absolute atomic E-state index is 0.194. The fourth-order valence-electron chi connectivity index (χ4n) is 1.07. The van der Waals surface area contributed by atoms with Crippen LogP contribution >= 0.6 is 0 Å². The number of carbonyl (C=O) groups excluding carboxylic acids is 1. The van der Waals surface area contributed by atoms with Crippen LogP contribution in [0.4, 0.5) is 0 Å². The fourth-order valence-corrected chi connectivity index (χ4v) is 1.07. The molecule has 14 heavy (non-hydrogen) atoms. The molecule has 1 aromatic rings. The molecule has 0 saturated carbocycles. The maximum absolute atomic E-state index is 10.2. The molecule has 0 amide bonds. The first-order valence-electron chi connectivity index (χ1n) is 4.34. The smallest absolute Gasteiger partial charge is 0.298 e. The molecule has 0 N–H and O–H groups in total. The SMILES string of the molecule is O=COc1ccccc1OC[C@H]1CO1. The average molecular weight is 194 g/mol. The van der Waals surface area contributed by atoms with E-state index in [1.807, 2.05) is 6.07 Å². The molecule has 0 bridgehead atoms. The predicted octanol–water partition coefficient (Wildman–Crippen LogP) is 0.999. The normalized spacial score (nSPS) is 18.7. The Labute approximate surface area is 81.4 Å². The largest absolute Gasteiger partial charge is 0.487 e. The second-order valence-electron chi connectivity index (χ2n) is 2.93. The van der Waals surface area contributed by atoms with Crippen LogP contribution in [0.2, 0.25) is 0 Å². The molecule has 1 atom stereocenters. The van der Waals surface area contributed by atoms with Crippen molar-refractivity contribution in [2.75, 3.05) is 13.2 Å². The number of carbonyl (C=O) groups is 1. The summed E-state index contributed by atoms with van der Waals surface area (Å²) in [4.78, 5) is 10.2. The highest BCUT2D eigenvalue weighted by atomic mass is 16.6. The standard InChI is InChI=1S/C10H10O4/c11-7-14-10-4-2-1-3-9(10)13-6-8-5-12-8/h1-4,7-8H,5-6H2/t8-/m1/s1. The van der Waals surface area contributed by atoms with Crippen molar-refractivity contribution >= 4 is 6.47 Å². The Kier molecular flexibility index (Phi) is 2.65. The number of ether oxygens (including phenoxy) is 3. The van der Waals surface area contributed by atoms with E-state index in [0.717, 1.165) is 6.61 Å². The van der Waals surface area contributed by atoms with E-state index in [4.69, 9.17) is 14.2 Å². The van der Waals surface area contributed by atoms with Crippen LogP contribution in [-0.2, 0) is 9.53 Å². The van der Waals surface area contributed by atoms with Crippen LogP contribution in [0.5, 0.6) is 11.5 Å². The van der Waals surface area contributed by atoms with Gasteiger partial charge < -0.3 is 14.2 Å². The van der Waals surface area contributed by atoms with Crippen LogP contribution in [0, 0.1) is 0 Å². The van der Waals surface area contributed by atoms with Gasteiger partial charge in [0, 0.05) is 0 Å². The molecule has 1 aromatic carbocycles. The van der Waals surface area contributed by atoms with Crippen molar-refractivity contribution in [1.29, 1.82) is 0 Å². The number of para-hydroxylation sites is 2. The van der Waals surface area contributed by atoms with Crippen molar-refractivity contribution in [3.63, 3.8) is 0 Å². The van der Waals surface area contributed by atoms with E-state index in [1.54, 1.807) is 18.2 Å². The molecule has 0 spiro atoms. The predicted molar refractivity (Wildman–Crippen MR) is 48.4 cm³/mol. The number of rotatable bonds is 5. The van der Waals surface area contributed by atoms with Crippen LogP contribution in [0.25, 0.3) is 0 Å². The summed E-state index contributed by atoms with van der Waals surface area (Å²) in [6, 6.07) is 7.03. The second-order valence-corrected chi connectivity index (χ2v) is 2.93. The first-order valence-corrected chi connectivity index (χ1v) is 4.34. The molecule has 4 heteroatoms. The van der Waals surface area contributed by atoms with Crippen molar-refractivity contribution in [2.24, 2.45) is 0 Å². The van der Waals surface area contributed by atoms with E-state index in [9.17, 15) is 4.79 Å². The summed E-state index contributed by atoms with van der Waals surface area (Å²) in [7, 11) is 0. The van der Waals surface area contributed by atoms with Crippen molar-refractivity contribution in [3.8, 4) is 11.5 Å². The highest BCUT2D eigenvalue weighted by molar-refractivity contribution is 5.50. The van der Waals surface area contributed by atoms with Gasteiger partial charge in [-0.2, -0.15) is 0 Å². The highest BCUT2D eigenvalue weighted by Crippen LogP contribution is 2.26. The molecule has 1 heterocycles. The third-order valence-electron chi connectivity index (χ3n) is 1.85. The van der Waals surface area contributed by atoms with Crippen LogP contribution < -0.4 is 9.47 Å². The Morgan fingerprint density at radius 1 is 1.43 bits per heavy atom. The van der Waals surface area contributed by atoms with Crippen molar-refractivity contribution < 1.29 is 19.0 Å². The summed E-state index contributed by atoms with van der Waals surface area (Å²) in [5.41, 5.74) is 0. The van der Waals surface area contributed by atoms with Gasteiger partial charge in [0.15, 0.2) is 11.5 Å². The van der Waals surface area contributed by atoms with Gasteiger partial charge in [-0.05, 0) is 12.1 Å². The Hall–Kier alpha value is -1.55. The third kappa shape index (κ3) is 2.23. The molecule has 0 radical (unpaired) electrons. The van der Waals surface area contributed by atoms with E-state index in [1.165, 1.54) is 0 Å². The molecule has 0 aliphatic carbocycles. The summed E-state index contributed by atoms with van der Waals surface area (Å²) < 4.78 is 15.1. The minimum atomic E-state index is 0.194. The molecule has 0 unspecified atom stereocenters. The van der Waals surface area contributed by atoms with E-state index in [2.05, 4.69) is 0 Å². The lowest BCUT2D eigenvalue weighted by Gasteiger charge is -2.07. The molecule has 0 aromatic heterocycles. The van der Waals surface area contributed by atoms with Crippen LogP contribution in [-0.4, -0.2) is 25.8 Å². The van der Waals surface area contributed by atoms with Gasteiger partial charge in [-0.15, -0.1) is 0 Å². The average Bonchev–Trinajstić information content (AvgIpc) is 3.01. The fraction of sp³-hybridized carbons (Fsp3) is 0.300. The summed E-state index contributed by atoms with van der Waals surface area (Å²) in [6.07, 6.45) is 0.194. The van der Waals surface area contributed by atoms with Gasteiger partial charge in [-0.1, -0.05) is 12.1 Å². The first kappa shape index (κ1) is 9.02. The van der Waals surface area contributed by atoms with Gasteiger partial charge in [0.2, 0.25) is 0 Å². The van der Waals surface area contributed by atoms with Crippen molar-refractivity contribution in [2.45, 2.75) is 6.10 Å². The molecule has 1 aliphatic rings. The maximum Gasteiger partial charge on any atom is 0.298 e. The molecule has 1 aliphatic heterocycles. The molecular formula is C10H10O4. The highest BCUT2D eigenvalue weighted by Gasteiger charge is 2.23. The van der Waals surface area contributed by atoms with Crippen LogP contribution in [0.15, 0.2) is 24.3 Å². The Morgan fingerprint density at radius 2 is 2.14 bits per heavy atom. The Morgan fingerprint density at radius 3 is 2.79 bits per heavy atom. The molecule has 1 saturated heterocycles. The van der Waals surface area contributed by atoms with Crippen molar-refractivity contribution in [3.05, 3.63) is 24.3 Å². The lowest BCUT2D eigenvalue weighted by molar-refractivity contribution is -0.120. The van der Waals surface area contributed by atoms with E-state index in [-0.39, 0.29) is 6.10 Å². The molecule has 2 rings (SSSR count). The summed E-state index contributed by atoms with van der Waals surface area (Å²) in [5.74, 6) is 0.998. The summed E-state index contributed by atoms with van der Waals surface area (Å²) >= 11 is 0. The van der Waals surface area contributed by atoms with E-state index < -0.39 is 0 Å². The number of epoxide rings is 1. The zero-order valence-corrected chi connectivity index (χ0v) is 7.51. The van der Waals surface area contributed by atoms with Crippen molar-refractivity contribution in [1.82, 2.24) is 0 Å². The van der Waals surface area contributed by atoms with Gasteiger partial charge in [0.05, 0.1) is 6.61 Å².